The third kappa shape index (κ3) is 6.60. The van der Waals surface area contributed by atoms with Crippen LogP contribution in [0.15, 0.2) is 54.6 Å². The van der Waals surface area contributed by atoms with Gasteiger partial charge in [-0.3, -0.25) is 14.9 Å². The van der Waals surface area contributed by atoms with Gasteiger partial charge in [-0.05, 0) is 18.6 Å². The number of rotatable bonds is 9. The van der Waals surface area contributed by atoms with Gasteiger partial charge in [0.05, 0.1) is 4.92 Å². The van der Waals surface area contributed by atoms with Gasteiger partial charge in [0.25, 0.3) is 5.69 Å². The van der Waals surface area contributed by atoms with E-state index in [2.05, 4.69) is 16.0 Å². The van der Waals surface area contributed by atoms with Gasteiger partial charge in [0, 0.05) is 19.2 Å². The number of nitrogens with one attached hydrogen (secondary N) is 3. The molecule has 2 rings (SSSR count). The molecule has 3 N–H and O–H groups in total. The monoisotopic (exact) mass is 386 g/mol. The van der Waals surface area contributed by atoms with Crippen molar-refractivity contribution < 1.29 is 19.2 Å². The van der Waals surface area contributed by atoms with Crippen LogP contribution in [0.4, 0.5) is 16.2 Å². The van der Waals surface area contributed by atoms with Crippen LogP contribution in [0.25, 0.3) is 0 Å². The Labute approximate surface area is 162 Å². The lowest BCUT2D eigenvalue weighted by molar-refractivity contribution is -0.384. The summed E-state index contributed by atoms with van der Waals surface area (Å²) >= 11 is 0. The number of benzene rings is 2. The van der Waals surface area contributed by atoms with Crippen molar-refractivity contribution in [2.24, 2.45) is 0 Å². The first-order valence-electron chi connectivity index (χ1n) is 8.69. The normalized spacial score (nSPS) is 11.2. The van der Waals surface area contributed by atoms with Gasteiger partial charge in [0.1, 0.15) is 18.3 Å². The Kier molecular flexibility index (Phi) is 7.77. The molecule has 9 nitrogen and oxygen atoms in total. The van der Waals surface area contributed by atoms with Gasteiger partial charge >= 0.3 is 6.09 Å². The Morgan fingerprint density at radius 2 is 1.75 bits per heavy atom. The summed E-state index contributed by atoms with van der Waals surface area (Å²) in [6.07, 6.45) is -0.690. The number of hydrogen-bond acceptors (Lipinski definition) is 6. The van der Waals surface area contributed by atoms with E-state index in [-0.39, 0.29) is 24.7 Å². The van der Waals surface area contributed by atoms with Crippen LogP contribution in [-0.4, -0.2) is 36.1 Å². The van der Waals surface area contributed by atoms with Crippen molar-refractivity contribution in [2.45, 2.75) is 19.6 Å². The summed E-state index contributed by atoms with van der Waals surface area (Å²) in [6, 6.07) is 14.7. The number of amides is 2. The van der Waals surface area contributed by atoms with Gasteiger partial charge < -0.3 is 20.7 Å². The van der Waals surface area contributed by atoms with Crippen molar-refractivity contribution >= 4 is 23.4 Å². The van der Waals surface area contributed by atoms with E-state index < -0.39 is 17.1 Å². The van der Waals surface area contributed by atoms with Crippen LogP contribution >= 0.6 is 0 Å². The molecule has 9 heteroatoms. The number of carbonyl (C=O) groups excluding carboxylic acids is 2. The summed E-state index contributed by atoms with van der Waals surface area (Å²) in [5, 5.41) is 18.9. The number of ether oxygens (including phenoxy) is 1. The minimum absolute atomic E-state index is 0.0370. The molecular weight excluding hydrogens is 364 g/mol. The summed E-state index contributed by atoms with van der Waals surface area (Å²) in [6.45, 7) is 2.17. The SMILES string of the molecule is C[C@@H](NC(=O)OCc1ccccc1)C(=O)NCCNc1ccccc1[N+](=O)[O-]. The molecule has 2 aromatic rings. The zero-order valence-corrected chi connectivity index (χ0v) is 15.4. The third-order valence-corrected chi connectivity index (χ3v) is 3.78. The van der Waals surface area contributed by atoms with E-state index in [0.29, 0.717) is 12.2 Å². The maximum absolute atomic E-state index is 12.0. The zero-order chi connectivity index (χ0) is 20.4. The molecule has 0 saturated carbocycles. The molecule has 0 unspecified atom stereocenters. The van der Waals surface area contributed by atoms with E-state index in [9.17, 15) is 19.7 Å². The number of hydrogen-bond donors (Lipinski definition) is 3. The van der Waals surface area contributed by atoms with Crippen molar-refractivity contribution in [3.8, 4) is 0 Å². The number of nitro groups is 1. The van der Waals surface area contributed by atoms with Crippen LogP contribution in [0.3, 0.4) is 0 Å². The van der Waals surface area contributed by atoms with E-state index in [1.807, 2.05) is 30.3 Å². The molecule has 0 bridgehead atoms. The lowest BCUT2D eigenvalue weighted by Gasteiger charge is -2.14. The summed E-state index contributed by atoms with van der Waals surface area (Å²) in [7, 11) is 0. The van der Waals surface area contributed by atoms with Crippen molar-refractivity contribution in [2.75, 3.05) is 18.4 Å². The van der Waals surface area contributed by atoms with E-state index in [4.69, 9.17) is 4.74 Å². The van der Waals surface area contributed by atoms with Crippen LogP contribution < -0.4 is 16.0 Å². The van der Waals surface area contributed by atoms with E-state index in [1.54, 1.807) is 18.2 Å². The fourth-order valence-electron chi connectivity index (χ4n) is 2.33. The highest BCUT2D eigenvalue weighted by Gasteiger charge is 2.16. The number of nitro benzene ring substituents is 1. The molecular formula is C19H22N4O5. The predicted molar refractivity (Wildman–Crippen MR) is 104 cm³/mol. The number of carbonyl (C=O) groups is 2. The van der Waals surface area contributed by atoms with Crippen LogP contribution in [0.5, 0.6) is 0 Å². The van der Waals surface area contributed by atoms with Gasteiger partial charge in [0.15, 0.2) is 0 Å². The largest absolute Gasteiger partial charge is 0.445 e. The highest BCUT2D eigenvalue weighted by atomic mass is 16.6. The van der Waals surface area contributed by atoms with Crippen molar-refractivity contribution in [3.63, 3.8) is 0 Å². The molecule has 0 heterocycles. The molecule has 148 valence electrons. The van der Waals surface area contributed by atoms with E-state index in [0.717, 1.165) is 5.56 Å². The summed E-state index contributed by atoms with van der Waals surface area (Å²) in [4.78, 5) is 34.2. The standard InChI is InChI=1S/C19H22N4O5/c1-14(22-19(25)28-13-15-7-3-2-4-8-15)18(24)21-12-11-20-16-9-5-6-10-17(16)23(26)27/h2-10,14,20H,11-13H2,1H3,(H,21,24)(H,22,25)/t14-/m1/s1. The molecule has 0 radical (unpaired) electrons. The van der Waals surface area contributed by atoms with Crippen LogP contribution in [0.1, 0.15) is 12.5 Å². The Morgan fingerprint density at radius 3 is 2.46 bits per heavy atom. The molecule has 1 atom stereocenters. The molecule has 0 aromatic heterocycles. The zero-order valence-electron chi connectivity index (χ0n) is 15.4. The molecule has 2 aromatic carbocycles. The lowest BCUT2D eigenvalue weighted by Crippen LogP contribution is -2.46. The number of anilines is 1. The second kappa shape index (κ2) is 10.5. The topological polar surface area (TPSA) is 123 Å². The van der Waals surface area contributed by atoms with E-state index in [1.165, 1.54) is 13.0 Å². The smallest absolute Gasteiger partial charge is 0.408 e. The third-order valence-electron chi connectivity index (χ3n) is 3.78. The number of nitrogens with zero attached hydrogens (tertiary/aromatic N) is 1. The highest BCUT2D eigenvalue weighted by Crippen LogP contribution is 2.22. The van der Waals surface area contributed by atoms with Gasteiger partial charge in [-0.2, -0.15) is 0 Å². The molecule has 0 fully saturated rings. The molecule has 0 aliphatic rings. The first-order valence-corrected chi connectivity index (χ1v) is 8.69. The second-order valence-electron chi connectivity index (χ2n) is 5.92. The van der Waals surface area contributed by atoms with Gasteiger partial charge in [-0.25, -0.2) is 4.79 Å². The van der Waals surface area contributed by atoms with Gasteiger partial charge in [0.2, 0.25) is 5.91 Å². The number of alkyl carbamates (subject to hydrolysis) is 1. The Bertz CT molecular complexity index is 813. The Hall–Kier alpha value is -3.62. The molecule has 0 aliphatic carbocycles. The van der Waals surface area contributed by atoms with Crippen LogP contribution in [-0.2, 0) is 16.1 Å². The first-order chi connectivity index (χ1) is 13.5. The van der Waals surface area contributed by atoms with Crippen LogP contribution in [0.2, 0.25) is 0 Å². The molecule has 0 saturated heterocycles. The van der Waals surface area contributed by atoms with E-state index >= 15 is 0 Å². The highest BCUT2D eigenvalue weighted by molar-refractivity contribution is 5.85. The lowest BCUT2D eigenvalue weighted by atomic mass is 10.2. The average molecular weight is 386 g/mol. The Balaban J connectivity index is 1.68. The minimum atomic E-state index is -0.783. The summed E-state index contributed by atoms with van der Waals surface area (Å²) < 4.78 is 5.06. The second-order valence-corrected chi connectivity index (χ2v) is 5.92. The fraction of sp³-hybridized carbons (Fsp3) is 0.263. The Morgan fingerprint density at radius 1 is 1.07 bits per heavy atom. The first kappa shape index (κ1) is 20.7. The number of para-hydroxylation sites is 2. The quantitative estimate of drug-likeness (QED) is 0.346. The van der Waals surface area contributed by atoms with Gasteiger partial charge in [-0.15, -0.1) is 0 Å². The van der Waals surface area contributed by atoms with Crippen LogP contribution in [0, 0.1) is 10.1 Å². The van der Waals surface area contributed by atoms with Crippen molar-refractivity contribution in [1.29, 1.82) is 0 Å². The van der Waals surface area contributed by atoms with Crippen molar-refractivity contribution in [3.05, 3.63) is 70.3 Å². The van der Waals surface area contributed by atoms with Gasteiger partial charge in [-0.1, -0.05) is 42.5 Å². The molecule has 0 aliphatic heterocycles. The summed E-state index contributed by atoms with van der Waals surface area (Å²) in [5.41, 5.74) is 1.18. The maximum Gasteiger partial charge on any atom is 0.408 e. The predicted octanol–water partition coefficient (Wildman–Crippen LogP) is 2.44. The van der Waals surface area contributed by atoms with Crippen molar-refractivity contribution in [1.82, 2.24) is 10.6 Å². The maximum atomic E-state index is 12.0. The molecule has 2 amide bonds. The summed E-state index contributed by atoms with van der Waals surface area (Å²) in [5.74, 6) is -0.388. The average Bonchev–Trinajstić information content (AvgIpc) is 2.70. The minimum Gasteiger partial charge on any atom is -0.445 e. The fourth-order valence-corrected chi connectivity index (χ4v) is 2.33. The molecule has 28 heavy (non-hydrogen) atoms. The molecule has 0 spiro atoms.